The molecule has 0 unspecified atom stereocenters. The largest absolute Gasteiger partial charge is 0.496 e. The van der Waals surface area contributed by atoms with Gasteiger partial charge in [0, 0.05) is 39.9 Å². The maximum atomic E-state index is 13.8. The van der Waals surface area contributed by atoms with Gasteiger partial charge in [-0.1, -0.05) is 24.3 Å². The van der Waals surface area contributed by atoms with E-state index in [1.54, 1.807) is 32.4 Å². The molecule has 0 fully saturated rings. The number of allylic oxidation sites excluding steroid dienone is 1. The fourth-order valence-corrected chi connectivity index (χ4v) is 3.84. The molecule has 174 valence electrons. The molecule has 6 heteroatoms. The highest BCUT2D eigenvalue weighted by molar-refractivity contribution is 6.05. The van der Waals surface area contributed by atoms with Gasteiger partial charge in [-0.3, -0.25) is 4.79 Å². The molecule has 0 aliphatic rings. The predicted molar refractivity (Wildman–Crippen MR) is 133 cm³/mol. The van der Waals surface area contributed by atoms with Crippen molar-refractivity contribution in [3.05, 3.63) is 83.9 Å². The second-order valence-electron chi connectivity index (χ2n) is 7.91. The molecule has 5 nitrogen and oxygen atoms in total. The lowest BCUT2D eigenvalue weighted by Gasteiger charge is -2.12. The van der Waals surface area contributed by atoms with Crippen LogP contribution < -0.4 is 14.8 Å². The van der Waals surface area contributed by atoms with Crippen LogP contribution in [0, 0.1) is 12.7 Å². The fourth-order valence-electron chi connectivity index (χ4n) is 3.84. The molecule has 0 spiro atoms. The summed E-state index contributed by atoms with van der Waals surface area (Å²) in [6.45, 7) is 5.86. The van der Waals surface area contributed by atoms with Crippen molar-refractivity contribution in [2.24, 2.45) is 0 Å². The molecule has 0 radical (unpaired) electrons. The molecule has 3 aromatic carbocycles. The van der Waals surface area contributed by atoms with Crippen LogP contribution in [0.4, 0.5) is 10.1 Å². The maximum Gasteiger partial charge on any atom is 0.248 e. The molecule has 1 N–H and O–H groups in total. The molecule has 0 aliphatic heterocycles. The number of benzene rings is 3. The first-order valence-electron chi connectivity index (χ1n) is 11.0. The number of methoxy groups -OCH3 is 1. The van der Waals surface area contributed by atoms with E-state index in [2.05, 4.69) is 5.32 Å². The van der Waals surface area contributed by atoms with Crippen molar-refractivity contribution >= 4 is 28.1 Å². The lowest BCUT2D eigenvalue weighted by Crippen LogP contribution is -2.09. The highest BCUT2D eigenvalue weighted by Gasteiger charge is 2.17. The first kappa shape index (κ1) is 23.1. The number of carbonyl (C=O) groups is 1. The van der Waals surface area contributed by atoms with Crippen LogP contribution in [0.2, 0.25) is 0 Å². The van der Waals surface area contributed by atoms with E-state index in [-0.39, 0.29) is 11.7 Å². The molecular formula is C28H26FNO4. The lowest BCUT2D eigenvalue weighted by atomic mass is 9.98. The minimum Gasteiger partial charge on any atom is -0.496 e. The highest BCUT2D eigenvalue weighted by Crippen LogP contribution is 2.40. The molecule has 34 heavy (non-hydrogen) atoms. The Labute approximate surface area is 197 Å². The van der Waals surface area contributed by atoms with Crippen LogP contribution in [-0.4, -0.2) is 19.6 Å². The van der Waals surface area contributed by atoms with Gasteiger partial charge < -0.3 is 19.2 Å². The fraction of sp³-hybridized carbons (Fsp3) is 0.179. The van der Waals surface area contributed by atoms with Crippen molar-refractivity contribution in [2.45, 2.75) is 20.8 Å². The van der Waals surface area contributed by atoms with Gasteiger partial charge in [0.05, 0.1) is 20.0 Å². The third-order valence-corrected chi connectivity index (χ3v) is 5.58. The van der Waals surface area contributed by atoms with Crippen LogP contribution in [0.25, 0.3) is 27.7 Å². The molecule has 0 aliphatic carbocycles. The zero-order chi connectivity index (χ0) is 24.2. The van der Waals surface area contributed by atoms with Gasteiger partial charge in [-0.2, -0.15) is 0 Å². The highest BCUT2D eigenvalue weighted by atomic mass is 19.1. The number of para-hydroxylation sites is 1. The number of halogens is 1. The van der Waals surface area contributed by atoms with Crippen LogP contribution in [0.5, 0.6) is 11.5 Å². The summed E-state index contributed by atoms with van der Waals surface area (Å²) in [5.74, 6) is 0.614. The van der Waals surface area contributed by atoms with Crippen molar-refractivity contribution in [1.82, 2.24) is 0 Å². The standard InChI is InChI=1S/C28H26FNO4/c1-5-33-26-15-27-22(23(16-34-27)20-8-6-7-9-25(20)32-4)14-21(26)18(3)12-28(31)30-19-11-10-17(2)24(29)13-19/h6-16H,5H2,1-4H3,(H,30,31)/b18-12+. The molecule has 0 bridgehead atoms. The maximum absolute atomic E-state index is 13.8. The Hall–Kier alpha value is -4.06. The van der Waals surface area contributed by atoms with E-state index in [0.717, 1.165) is 27.8 Å². The Morgan fingerprint density at radius 3 is 2.62 bits per heavy atom. The van der Waals surface area contributed by atoms with E-state index >= 15 is 0 Å². The van der Waals surface area contributed by atoms with E-state index in [9.17, 15) is 9.18 Å². The molecule has 0 atom stereocenters. The molecule has 0 saturated heterocycles. The second-order valence-corrected chi connectivity index (χ2v) is 7.91. The van der Waals surface area contributed by atoms with Gasteiger partial charge in [-0.25, -0.2) is 4.39 Å². The zero-order valence-corrected chi connectivity index (χ0v) is 19.6. The number of ether oxygens (including phenoxy) is 2. The van der Waals surface area contributed by atoms with Crippen molar-refractivity contribution in [2.75, 3.05) is 19.0 Å². The van der Waals surface area contributed by atoms with Gasteiger partial charge in [0.15, 0.2) is 0 Å². The molecular weight excluding hydrogens is 433 g/mol. The van der Waals surface area contributed by atoms with Crippen LogP contribution in [0.15, 0.2) is 71.4 Å². The zero-order valence-electron chi connectivity index (χ0n) is 19.6. The number of fused-ring (bicyclic) bond motifs is 1. The number of anilines is 1. The summed E-state index contributed by atoms with van der Waals surface area (Å²) in [6.07, 6.45) is 3.17. The molecule has 1 heterocycles. The topological polar surface area (TPSA) is 60.7 Å². The van der Waals surface area contributed by atoms with Crippen molar-refractivity contribution in [1.29, 1.82) is 0 Å². The minimum absolute atomic E-state index is 0.361. The van der Waals surface area contributed by atoms with Gasteiger partial charge in [0.2, 0.25) is 5.91 Å². The van der Waals surface area contributed by atoms with Crippen LogP contribution >= 0.6 is 0 Å². The number of aryl methyl sites for hydroxylation is 1. The second kappa shape index (κ2) is 9.83. The molecule has 1 amide bonds. The van der Waals surface area contributed by atoms with Gasteiger partial charge >= 0.3 is 0 Å². The van der Waals surface area contributed by atoms with Gasteiger partial charge in [-0.15, -0.1) is 0 Å². The van der Waals surface area contributed by atoms with E-state index in [0.29, 0.717) is 34.8 Å². The first-order chi connectivity index (χ1) is 16.4. The summed E-state index contributed by atoms with van der Waals surface area (Å²) in [7, 11) is 1.63. The normalized spacial score (nSPS) is 11.5. The average molecular weight is 460 g/mol. The van der Waals surface area contributed by atoms with E-state index < -0.39 is 0 Å². The summed E-state index contributed by atoms with van der Waals surface area (Å²) in [5, 5.41) is 3.59. The third-order valence-electron chi connectivity index (χ3n) is 5.58. The summed E-state index contributed by atoms with van der Waals surface area (Å²) in [6, 6.07) is 16.1. The summed E-state index contributed by atoms with van der Waals surface area (Å²) < 4.78 is 31.1. The molecule has 4 rings (SSSR count). The van der Waals surface area contributed by atoms with Gasteiger partial charge in [-0.05, 0) is 56.2 Å². The Kier molecular flexibility index (Phi) is 6.68. The smallest absolute Gasteiger partial charge is 0.248 e. The van der Waals surface area contributed by atoms with E-state index in [4.69, 9.17) is 13.9 Å². The van der Waals surface area contributed by atoms with Crippen LogP contribution in [0.1, 0.15) is 25.0 Å². The molecule has 4 aromatic rings. The summed E-state index contributed by atoms with van der Waals surface area (Å²) in [5.41, 5.74) is 4.82. The number of hydrogen-bond donors (Lipinski definition) is 1. The van der Waals surface area contributed by atoms with Crippen molar-refractivity contribution in [3.8, 4) is 22.6 Å². The Balaban J connectivity index is 1.74. The quantitative estimate of drug-likeness (QED) is 0.302. The first-order valence-corrected chi connectivity index (χ1v) is 11.0. The Morgan fingerprint density at radius 2 is 1.88 bits per heavy atom. The molecule has 0 saturated carbocycles. The number of nitrogens with one attached hydrogen (secondary N) is 1. The Bertz CT molecular complexity index is 1390. The van der Waals surface area contributed by atoms with Crippen molar-refractivity contribution in [3.63, 3.8) is 0 Å². The number of rotatable bonds is 7. The minimum atomic E-state index is -0.369. The SMILES string of the molecule is CCOc1cc2occ(-c3ccccc3OC)c2cc1/C(C)=C/C(=O)Nc1ccc(C)c(F)c1. The predicted octanol–water partition coefficient (Wildman–Crippen LogP) is 7.00. The number of furan rings is 1. The third kappa shape index (κ3) is 4.66. The number of hydrogen-bond acceptors (Lipinski definition) is 4. The molecule has 1 aromatic heterocycles. The van der Waals surface area contributed by atoms with Crippen molar-refractivity contribution < 1.29 is 23.1 Å². The Morgan fingerprint density at radius 1 is 1.09 bits per heavy atom. The summed E-state index contributed by atoms with van der Waals surface area (Å²) >= 11 is 0. The van der Waals surface area contributed by atoms with E-state index in [1.165, 1.54) is 12.1 Å². The van der Waals surface area contributed by atoms with Crippen LogP contribution in [-0.2, 0) is 4.79 Å². The summed E-state index contributed by atoms with van der Waals surface area (Å²) in [4.78, 5) is 12.7. The van der Waals surface area contributed by atoms with Crippen LogP contribution in [0.3, 0.4) is 0 Å². The number of carbonyl (C=O) groups excluding carboxylic acids is 1. The average Bonchev–Trinajstić information content (AvgIpc) is 3.23. The lowest BCUT2D eigenvalue weighted by molar-refractivity contribution is -0.111. The number of amides is 1. The van der Waals surface area contributed by atoms with Gasteiger partial charge in [0.1, 0.15) is 22.9 Å². The monoisotopic (exact) mass is 459 g/mol. The van der Waals surface area contributed by atoms with Gasteiger partial charge in [0.25, 0.3) is 0 Å². The van der Waals surface area contributed by atoms with E-state index in [1.807, 2.05) is 50.2 Å².